The lowest BCUT2D eigenvalue weighted by Crippen LogP contribution is -2.40. The molecular weight excluding hydrogens is 356 g/mol. The van der Waals surface area contributed by atoms with E-state index in [9.17, 15) is 9.59 Å². The highest BCUT2D eigenvalue weighted by Gasteiger charge is 2.18. The van der Waals surface area contributed by atoms with Crippen LogP contribution in [-0.4, -0.2) is 52.8 Å². The lowest BCUT2D eigenvalue weighted by Gasteiger charge is -2.27. The number of halogens is 1. The van der Waals surface area contributed by atoms with Gasteiger partial charge in [0.2, 0.25) is 5.91 Å². The van der Waals surface area contributed by atoms with Gasteiger partial charge in [-0.2, -0.15) is 5.10 Å². The Morgan fingerprint density at radius 1 is 1.27 bits per heavy atom. The first-order valence-electron chi connectivity index (χ1n) is 8.44. The maximum Gasteiger partial charge on any atom is 0.254 e. The Kier molecular flexibility index (Phi) is 5.90. The fraction of sp³-hybridized carbons (Fsp3) is 0.389. The fourth-order valence-corrected chi connectivity index (χ4v) is 2.94. The molecule has 1 N–H and O–H groups in total. The van der Waals surface area contributed by atoms with Crippen molar-refractivity contribution in [1.29, 1.82) is 0 Å². The number of ether oxygens (including phenoxy) is 1. The molecule has 138 valence electrons. The fourth-order valence-electron chi connectivity index (χ4n) is 2.78. The Hall–Kier alpha value is -2.38. The number of carbonyl (C=O) groups is 2. The van der Waals surface area contributed by atoms with Gasteiger partial charge in [0.05, 0.1) is 25.3 Å². The quantitative estimate of drug-likeness (QED) is 0.855. The molecule has 1 fully saturated rings. The first-order chi connectivity index (χ1) is 12.5. The summed E-state index contributed by atoms with van der Waals surface area (Å²) in [7, 11) is 1.72. The normalized spacial score (nSPS) is 14.3. The van der Waals surface area contributed by atoms with E-state index in [-0.39, 0.29) is 18.2 Å². The van der Waals surface area contributed by atoms with Gasteiger partial charge >= 0.3 is 0 Å². The summed E-state index contributed by atoms with van der Waals surface area (Å²) in [6, 6.07) is 8.99. The molecule has 2 aromatic rings. The zero-order valence-corrected chi connectivity index (χ0v) is 15.3. The van der Waals surface area contributed by atoms with Crippen molar-refractivity contribution in [2.24, 2.45) is 7.05 Å². The molecule has 0 radical (unpaired) electrons. The van der Waals surface area contributed by atoms with E-state index in [0.29, 0.717) is 49.3 Å². The van der Waals surface area contributed by atoms with Crippen molar-refractivity contribution in [2.45, 2.75) is 13.0 Å². The molecule has 2 amide bonds. The molecule has 0 spiro atoms. The van der Waals surface area contributed by atoms with Gasteiger partial charge in [-0.15, -0.1) is 0 Å². The number of nitrogens with one attached hydrogen (secondary N) is 1. The summed E-state index contributed by atoms with van der Waals surface area (Å²) in [5.74, 6) is -0.158. The first-order valence-corrected chi connectivity index (χ1v) is 8.82. The molecule has 1 aromatic heterocycles. The molecule has 0 bridgehead atoms. The van der Waals surface area contributed by atoms with E-state index in [0.717, 1.165) is 5.56 Å². The van der Waals surface area contributed by atoms with Gasteiger partial charge in [0.1, 0.15) is 5.15 Å². The van der Waals surface area contributed by atoms with E-state index in [1.54, 1.807) is 24.1 Å². The number of carbonyl (C=O) groups excluding carboxylic acids is 2. The molecule has 1 aliphatic rings. The van der Waals surface area contributed by atoms with Gasteiger partial charge in [0, 0.05) is 32.2 Å². The van der Waals surface area contributed by atoms with Crippen LogP contribution in [0.25, 0.3) is 0 Å². The molecule has 8 heteroatoms. The molecule has 0 saturated carbocycles. The smallest absolute Gasteiger partial charge is 0.254 e. The van der Waals surface area contributed by atoms with Crippen LogP contribution in [0.5, 0.6) is 0 Å². The third kappa shape index (κ3) is 4.62. The average Bonchev–Trinajstić information content (AvgIpc) is 2.97. The summed E-state index contributed by atoms with van der Waals surface area (Å²) in [5.41, 5.74) is 2.11. The van der Waals surface area contributed by atoms with Crippen LogP contribution in [0.1, 0.15) is 21.6 Å². The van der Waals surface area contributed by atoms with Crippen LogP contribution in [-0.2, 0) is 29.5 Å². The Morgan fingerprint density at radius 2 is 2.04 bits per heavy atom. The highest BCUT2D eigenvalue weighted by molar-refractivity contribution is 6.29. The third-order valence-electron chi connectivity index (χ3n) is 4.18. The number of aryl methyl sites for hydroxylation is 1. The van der Waals surface area contributed by atoms with Crippen molar-refractivity contribution < 1.29 is 14.3 Å². The van der Waals surface area contributed by atoms with Gasteiger partial charge < -0.3 is 15.0 Å². The average molecular weight is 377 g/mol. The zero-order valence-electron chi connectivity index (χ0n) is 14.6. The van der Waals surface area contributed by atoms with Crippen molar-refractivity contribution in [3.05, 3.63) is 52.3 Å². The molecule has 1 aliphatic heterocycles. The summed E-state index contributed by atoms with van der Waals surface area (Å²) >= 11 is 5.92. The van der Waals surface area contributed by atoms with Gasteiger partial charge in [-0.05, 0) is 23.8 Å². The van der Waals surface area contributed by atoms with E-state index >= 15 is 0 Å². The van der Waals surface area contributed by atoms with E-state index < -0.39 is 0 Å². The summed E-state index contributed by atoms with van der Waals surface area (Å²) in [5, 5.41) is 7.49. The summed E-state index contributed by atoms with van der Waals surface area (Å²) in [4.78, 5) is 26.4. The highest BCUT2D eigenvalue weighted by atomic mass is 35.5. The van der Waals surface area contributed by atoms with Crippen LogP contribution in [0, 0.1) is 0 Å². The van der Waals surface area contributed by atoms with Crippen molar-refractivity contribution >= 4 is 23.4 Å². The highest BCUT2D eigenvalue weighted by Crippen LogP contribution is 2.11. The van der Waals surface area contributed by atoms with Crippen LogP contribution in [0.2, 0.25) is 5.15 Å². The van der Waals surface area contributed by atoms with E-state index in [1.165, 1.54) is 4.68 Å². The second kappa shape index (κ2) is 8.33. The summed E-state index contributed by atoms with van der Waals surface area (Å²) in [6.45, 7) is 2.69. The van der Waals surface area contributed by atoms with Crippen molar-refractivity contribution in [1.82, 2.24) is 20.0 Å². The minimum Gasteiger partial charge on any atom is -0.378 e. The van der Waals surface area contributed by atoms with Crippen molar-refractivity contribution in [2.75, 3.05) is 26.3 Å². The van der Waals surface area contributed by atoms with Crippen molar-refractivity contribution in [3.8, 4) is 0 Å². The second-order valence-corrected chi connectivity index (χ2v) is 6.53. The SMILES string of the molecule is Cn1nc(CC(=O)NCc2cccc(C(=O)N3CCOCC3)c2)cc1Cl. The molecule has 26 heavy (non-hydrogen) atoms. The number of hydrogen-bond donors (Lipinski definition) is 1. The standard InChI is InChI=1S/C18H21ClN4O3/c1-22-16(19)10-15(21-22)11-17(24)20-12-13-3-2-4-14(9-13)18(25)23-5-7-26-8-6-23/h2-4,9-10H,5-8,11-12H2,1H3,(H,20,24). The maximum atomic E-state index is 12.5. The van der Waals surface area contributed by atoms with Crippen molar-refractivity contribution in [3.63, 3.8) is 0 Å². The summed E-state index contributed by atoms with van der Waals surface area (Å²) < 4.78 is 6.79. The maximum absolute atomic E-state index is 12.5. The number of aromatic nitrogens is 2. The summed E-state index contributed by atoms with van der Waals surface area (Å²) in [6.07, 6.45) is 0.160. The zero-order chi connectivity index (χ0) is 18.5. The van der Waals surface area contributed by atoms with Gasteiger partial charge in [0.15, 0.2) is 0 Å². The van der Waals surface area contributed by atoms with Crippen LogP contribution in [0.4, 0.5) is 0 Å². The predicted octanol–water partition coefficient (Wildman–Crippen LogP) is 1.40. The Bertz CT molecular complexity index is 780. The second-order valence-electron chi connectivity index (χ2n) is 6.14. The number of hydrogen-bond acceptors (Lipinski definition) is 4. The predicted molar refractivity (Wildman–Crippen MR) is 96.9 cm³/mol. The van der Waals surface area contributed by atoms with E-state index in [4.69, 9.17) is 16.3 Å². The number of nitrogens with zero attached hydrogens (tertiary/aromatic N) is 3. The minimum absolute atomic E-state index is 0.00963. The van der Waals surface area contributed by atoms with E-state index in [1.807, 2.05) is 18.2 Å². The lowest BCUT2D eigenvalue weighted by molar-refractivity contribution is -0.120. The van der Waals surface area contributed by atoms with Gasteiger partial charge in [0.25, 0.3) is 5.91 Å². The molecule has 0 atom stereocenters. The number of morpholine rings is 1. The monoisotopic (exact) mass is 376 g/mol. The number of benzene rings is 1. The van der Waals surface area contributed by atoms with Crippen LogP contribution in [0.15, 0.2) is 30.3 Å². The molecule has 3 rings (SSSR count). The number of amides is 2. The topological polar surface area (TPSA) is 76.5 Å². The molecule has 0 unspecified atom stereocenters. The Balaban J connectivity index is 1.56. The minimum atomic E-state index is -0.148. The van der Waals surface area contributed by atoms with Crippen LogP contribution in [0.3, 0.4) is 0 Å². The molecule has 1 saturated heterocycles. The van der Waals surface area contributed by atoms with Gasteiger partial charge in [-0.25, -0.2) is 0 Å². The molecule has 2 heterocycles. The molecular formula is C18H21ClN4O3. The molecule has 0 aliphatic carbocycles. The third-order valence-corrected chi connectivity index (χ3v) is 4.53. The molecule has 7 nitrogen and oxygen atoms in total. The van der Waals surface area contributed by atoms with Crippen LogP contribution < -0.4 is 5.32 Å². The van der Waals surface area contributed by atoms with Crippen LogP contribution >= 0.6 is 11.6 Å². The largest absolute Gasteiger partial charge is 0.378 e. The first kappa shape index (κ1) is 18.4. The van der Waals surface area contributed by atoms with Gasteiger partial charge in [-0.1, -0.05) is 23.7 Å². The van der Waals surface area contributed by atoms with Gasteiger partial charge in [-0.3, -0.25) is 14.3 Å². The molecule has 1 aromatic carbocycles. The van der Waals surface area contributed by atoms with E-state index in [2.05, 4.69) is 10.4 Å². The lowest BCUT2D eigenvalue weighted by atomic mass is 10.1. The Morgan fingerprint density at radius 3 is 2.73 bits per heavy atom. The number of rotatable bonds is 5. The Labute approximate surface area is 156 Å².